The molecule has 1 aromatic heterocycles. The Bertz CT molecular complexity index is 727. The Labute approximate surface area is 146 Å². The van der Waals surface area contributed by atoms with E-state index in [4.69, 9.17) is 0 Å². The summed E-state index contributed by atoms with van der Waals surface area (Å²) in [6.45, 7) is 3.28. The standard InChI is InChI=1S/C19H22N2O2S/c1-14-7-3-4-8-15(14)13-20(2)18(22)16-9-5-11-21(16)19(23)17-10-6-12-24-17/h3-4,6-8,10,12,16H,5,9,11,13H2,1-2H3. The van der Waals surface area contributed by atoms with E-state index in [2.05, 4.69) is 13.0 Å². The number of thiophene rings is 1. The molecule has 1 aliphatic heterocycles. The molecule has 1 aromatic carbocycles. The van der Waals surface area contributed by atoms with Gasteiger partial charge in [-0.15, -0.1) is 11.3 Å². The van der Waals surface area contributed by atoms with E-state index < -0.39 is 0 Å². The van der Waals surface area contributed by atoms with E-state index in [-0.39, 0.29) is 17.9 Å². The van der Waals surface area contributed by atoms with Crippen molar-refractivity contribution >= 4 is 23.2 Å². The van der Waals surface area contributed by atoms with Gasteiger partial charge in [0.15, 0.2) is 0 Å². The lowest BCUT2D eigenvalue weighted by molar-refractivity contribution is -0.134. The Morgan fingerprint density at radius 3 is 2.75 bits per heavy atom. The van der Waals surface area contributed by atoms with E-state index in [0.717, 1.165) is 18.4 Å². The van der Waals surface area contributed by atoms with Crippen LogP contribution in [0.4, 0.5) is 0 Å². The van der Waals surface area contributed by atoms with Gasteiger partial charge in [-0.1, -0.05) is 30.3 Å². The summed E-state index contributed by atoms with van der Waals surface area (Å²) < 4.78 is 0. The summed E-state index contributed by atoms with van der Waals surface area (Å²) in [5.74, 6) is 0.00537. The predicted octanol–water partition coefficient (Wildman–Crippen LogP) is 3.32. The summed E-state index contributed by atoms with van der Waals surface area (Å²) in [6.07, 6.45) is 1.62. The topological polar surface area (TPSA) is 40.6 Å². The van der Waals surface area contributed by atoms with Crippen LogP contribution in [0.2, 0.25) is 0 Å². The average molecular weight is 342 g/mol. The molecule has 2 aromatic rings. The number of carbonyl (C=O) groups excluding carboxylic acids is 2. The fraction of sp³-hybridized carbons (Fsp3) is 0.368. The lowest BCUT2D eigenvalue weighted by Crippen LogP contribution is -2.46. The lowest BCUT2D eigenvalue weighted by atomic mass is 10.1. The van der Waals surface area contributed by atoms with Gasteiger partial charge in [0.1, 0.15) is 6.04 Å². The third-order valence-electron chi connectivity index (χ3n) is 4.58. The second-order valence-electron chi connectivity index (χ2n) is 6.25. The maximum Gasteiger partial charge on any atom is 0.264 e. The number of benzene rings is 1. The molecular weight excluding hydrogens is 320 g/mol. The highest BCUT2D eigenvalue weighted by molar-refractivity contribution is 7.12. The molecule has 0 radical (unpaired) electrons. The Balaban J connectivity index is 1.71. The van der Waals surface area contributed by atoms with Gasteiger partial charge in [0.2, 0.25) is 5.91 Å². The van der Waals surface area contributed by atoms with E-state index in [9.17, 15) is 9.59 Å². The number of hydrogen-bond donors (Lipinski definition) is 0. The maximum absolute atomic E-state index is 12.9. The maximum atomic E-state index is 12.9. The van der Waals surface area contributed by atoms with Gasteiger partial charge in [-0.25, -0.2) is 0 Å². The lowest BCUT2D eigenvalue weighted by Gasteiger charge is -2.28. The van der Waals surface area contributed by atoms with Crippen LogP contribution in [0.25, 0.3) is 0 Å². The van der Waals surface area contributed by atoms with E-state index >= 15 is 0 Å². The van der Waals surface area contributed by atoms with Gasteiger partial charge in [-0.2, -0.15) is 0 Å². The molecule has 0 spiro atoms. The van der Waals surface area contributed by atoms with Crippen molar-refractivity contribution in [1.82, 2.24) is 9.80 Å². The Hall–Kier alpha value is -2.14. The molecular formula is C19H22N2O2S. The van der Waals surface area contributed by atoms with E-state index in [1.54, 1.807) is 9.80 Å². The quantitative estimate of drug-likeness (QED) is 0.855. The van der Waals surface area contributed by atoms with Crippen LogP contribution in [0.1, 0.15) is 33.6 Å². The highest BCUT2D eigenvalue weighted by atomic mass is 32.1. The van der Waals surface area contributed by atoms with Crippen LogP contribution in [0.3, 0.4) is 0 Å². The molecule has 24 heavy (non-hydrogen) atoms. The minimum atomic E-state index is -0.339. The van der Waals surface area contributed by atoms with Crippen molar-refractivity contribution < 1.29 is 9.59 Å². The van der Waals surface area contributed by atoms with Crippen molar-refractivity contribution in [2.75, 3.05) is 13.6 Å². The van der Waals surface area contributed by atoms with Gasteiger partial charge >= 0.3 is 0 Å². The molecule has 1 saturated heterocycles. The average Bonchev–Trinajstić information content (AvgIpc) is 3.27. The molecule has 4 nitrogen and oxygen atoms in total. The molecule has 2 amide bonds. The Kier molecular flexibility index (Phi) is 5.00. The second kappa shape index (κ2) is 7.18. The van der Waals surface area contributed by atoms with Crippen LogP contribution in [-0.4, -0.2) is 41.2 Å². The SMILES string of the molecule is Cc1ccccc1CN(C)C(=O)C1CCCN1C(=O)c1cccs1. The fourth-order valence-corrected chi connectivity index (χ4v) is 3.86. The Morgan fingerprint density at radius 2 is 2.04 bits per heavy atom. The second-order valence-corrected chi connectivity index (χ2v) is 7.20. The smallest absolute Gasteiger partial charge is 0.264 e. The number of likely N-dealkylation sites (tertiary alicyclic amines) is 1. The van der Waals surface area contributed by atoms with Crippen molar-refractivity contribution in [1.29, 1.82) is 0 Å². The number of likely N-dealkylation sites (N-methyl/N-ethyl adjacent to an activating group) is 1. The van der Waals surface area contributed by atoms with Crippen LogP contribution in [0.15, 0.2) is 41.8 Å². The first-order valence-corrected chi connectivity index (χ1v) is 9.10. The summed E-state index contributed by atoms with van der Waals surface area (Å²) in [4.78, 5) is 29.7. The molecule has 1 fully saturated rings. The summed E-state index contributed by atoms with van der Waals surface area (Å²) in [7, 11) is 1.82. The summed E-state index contributed by atoms with van der Waals surface area (Å²) in [6, 6.07) is 11.4. The number of nitrogens with zero attached hydrogens (tertiary/aromatic N) is 2. The van der Waals surface area contributed by atoms with Gasteiger partial charge in [-0.3, -0.25) is 9.59 Å². The summed E-state index contributed by atoms with van der Waals surface area (Å²) in [5, 5.41) is 1.89. The first-order chi connectivity index (χ1) is 11.6. The molecule has 3 rings (SSSR count). The van der Waals surface area contributed by atoms with Crippen LogP contribution >= 0.6 is 11.3 Å². The largest absolute Gasteiger partial charge is 0.340 e. The molecule has 5 heteroatoms. The molecule has 1 unspecified atom stereocenters. The number of hydrogen-bond acceptors (Lipinski definition) is 3. The van der Waals surface area contributed by atoms with Crippen LogP contribution in [-0.2, 0) is 11.3 Å². The predicted molar refractivity (Wildman–Crippen MR) is 96.0 cm³/mol. The normalized spacial score (nSPS) is 17.1. The molecule has 126 valence electrons. The zero-order valence-corrected chi connectivity index (χ0v) is 14.9. The summed E-state index contributed by atoms with van der Waals surface area (Å²) in [5.41, 5.74) is 2.32. The van der Waals surface area contributed by atoms with Gasteiger partial charge in [0, 0.05) is 20.1 Å². The minimum Gasteiger partial charge on any atom is -0.340 e. The van der Waals surface area contributed by atoms with E-state index in [0.29, 0.717) is 18.0 Å². The third-order valence-corrected chi connectivity index (χ3v) is 5.43. The minimum absolute atomic E-state index is 0.0230. The molecule has 1 aliphatic rings. The molecule has 0 aliphatic carbocycles. The van der Waals surface area contributed by atoms with Gasteiger partial charge < -0.3 is 9.80 Å². The zero-order chi connectivity index (χ0) is 17.1. The molecule has 1 atom stereocenters. The van der Waals surface area contributed by atoms with E-state index in [1.807, 2.05) is 42.8 Å². The Morgan fingerprint density at radius 1 is 1.25 bits per heavy atom. The molecule has 0 saturated carbocycles. The number of aryl methyl sites for hydroxylation is 1. The monoisotopic (exact) mass is 342 g/mol. The molecule has 2 heterocycles. The number of carbonyl (C=O) groups is 2. The van der Waals surface area contributed by atoms with Crippen molar-refractivity contribution in [2.24, 2.45) is 0 Å². The van der Waals surface area contributed by atoms with Gasteiger partial charge in [0.25, 0.3) is 5.91 Å². The van der Waals surface area contributed by atoms with Crippen molar-refractivity contribution in [2.45, 2.75) is 32.4 Å². The summed E-state index contributed by atoms with van der Waals surface area (Å²) >= 11 is 1.43. The van der Waals surface area contributed by atoms with E-state index in [1.165, 1.54) is 16.9 Å². The van der Waals surface area contributed by atoms with Gasteiger partial charge in [0.05, 0.1) is 4.88 Å². The van der Waals surface area contributed by atoms with Crippen LogP contribution < -0.4 is 0 Å². The van der Waals surface area contributed by atoms with Crippen LogP contribution in [0.5, 0.6) is 0 Å². The number of amides is 2. The first-order valence-electron chi connectivity index (χ1n) is 8.22. The zero-order valence-electron chi connectivity index (χ0n) is 14.1. The molecule has 0 N–H and O–H groups in total. The number of rotatable bonds is 4. The van der Waals surface area contributed by atoms with Crippen molar-refractivity contribution in [3.63, 3.8) is 0 Å². The third kappa shape index (κ3) is 3.36. The fourth-order valence-electron chi connectivity index (χ4n) is 3.18. The van der Waals surface area contributed by atoms with Crippen molar-refractivity contribution in [3.05, 3.63) is 57.8 Å². The molecule has 0 bridgehead atoms. The van der Waals surface area contributed by atoms with Crippen LogP contribution in [0, 0.1) is 6.92 Å². The first kappa shape index (κ1) is 16.7. The van der Waals surface area contributed by atoms with Crippen molar-refractivity contribution in [3.8, 4) is 0 Å². The highest BCUT2D eigenvalue weighted by Gasteiger charge is 2.36. The highest BCUT2D eigenvalue weighted by Crippen LogP contribution is 2.24. The van der Waals surface area contributed by atoms with Gasteiger partial charge in [-0.05, 0) is 42.3 Å².